The van der Waals surface area contributed by atoms with Crippen molar-refractivity contribution in [2.24, 2.45) is 0 Å². The Kier molecular flexibility index (Phi) is 3.13. The monoisotopic (exact) mass is 303 g/mol. The maximum atomic E-state index is 12.1. The molecule has 7 heteroatoms. The first-order valence-electron chi connectivity index (χ1n) is 6.35. The van der Waals surface area contributed by atoms with E-state index in [-0.39, 0.29) is 22.2 Å². The van der Waals surface area contributed by atoms with Crippen molar-refractivity contribution in [1.29, 1.82) is 0 Å². The van der Waals surface area contributed by atoms with E-state index in [1.807, 2.05) is 0 Å². The van der Waals surface area contributed by atoms with Gasteiger partial charge in [-0.25, -0.2) is 18.4 Å². The smallest absolute Gasteiger partial charge is 0.247 e. The molecular formula is C14H13N3O3S. The summed E-state index contributed by atoms with van der Waals surface area (Å²) in [6, 6.07) is 8.13. The van der Waals surface area contributed by atoms with E-state index in [0.29, 0.717) is 16.8 Å². The Bertz CT molecular complexity index is 916. The van der Waals surface area contributed by atoms with Crippen molar-refractivity contribution in [2.45, 2.75) is 11.8 Å². The van der Waals surface area contributed by atoms with E-state index in [1.54, 1.807) is 31.2 Å². The summed E-state index contributed by atoms with van der Waals surface area (Å²) in [5.74, 6) is 0.155. The van der Waals surface area contributed by atoms with Crippen LogP contribution in [0.5, 0.6) is 0 Å². The Balaban J connectivity index is 2.24. The molecule has 0 spiro atoms. The van der Waals surface area contributed by atoms with Gasteiger partial charge in [-0.3, -0.25) is 0 Å². The van der Waals surface area contributed by atoms with Gasteiger partial charge in [-0.05, 0) is 30.3 Å². The van der Waals surface area contributed by atoms with Crippen LogP contribution in [0.2, 0.25) is 0 Å². The van der Waals surface area contributed by atoms with Crippen LogP contribution in [-0.4, -0.2) is 24.1 Å². The number of pyridine rings is 1. The Morgan fingerprint density at radius 2 is 2.10 bits per heavy atom. The number of oxazole rings is 1. The molecule has 2 N–H and O–H groups in total. The van der Waals surface area contributed by atoms with Crippen molar-refractivity contribution in [2.75, 3.05) is 11.5 Å². The van der Waals surface area contributed by atoms with Crippen LogP contribution in [0, 0.1) is 0 Å². The number of fused-ring (bicyclic) bond motifs is 1. The fourth-order valence-electron chi connectivity index (χ4n) is 2.00. The summed E-state index contributed by atoms with van der Waals surface area (Å²) in [5, 5.41) is 0. The predicted molar refractivity (Wildman–Crippen MR) is 79.4 cm³/mol. The molecule has 0 aliphatic heterocycles. The number of anilines is 1. The lowest BCUT2D eigenvalue weighted by Gasteiger charge is -2.04. The lowest BCUT2D eigenvalue weighted by Crippen LogP contribution is -2.06. The summed E-state index contributed by atoms with van der Waals surface area (Å²) >= 11 is 0. The van der Waals surface area contributed by atoms with Crippen LogP contribution in [0.3, 0.4) is 0 Å². The van der Waals surface area contributed by atoms with Crippen LogP contribution in [0.15, 0.2) is 45.8 Å². The molecule has 2 aromatic heterocycles. The summed E-state index contributed by atoms with van der Waals surface area (Å²) in [7, 11) is -3.41. The van der Waals surface area contributed by atoms with Crippen LogP contribution in [0.25, 0.3) is 22.7 Å². The van der Waals surface area contributed by atoms with Crippen molar-refractivity contribution in [3.05, 3.63) is 36.5 Å². The second kappa shape index (κ2) is 4.85. The molecule has 0 amide bonds. The van der Waals surface area contributed by atoms with Crippen molar-refractivity contribution in [1.82, 2.24) is 9.97 Å². The molecule has 3 aromatic rings. The van der Waals surface area contributed by atoms with Gasteiger partial charge in [-0.1, -0.05) is 6.92 Å². The number of nitrogens with zero attached hydrogens (tertiary/aromatic N) is 2. The standard InChI is InChI=1S/C14H13N3O3S/c1-2-21(18,19)12-4-3-7-16-13(12)14-17-10-8-9(15)5-6-11(10)20-14/h3-8H,2,15H2,1H3. The normalized spacial score (nSPS) is 11.9. The van der Waals surface area contributed by atoms with Crippen molar-refractivity contribution in [3.8, 4) is 11.6 Å². The first kappa shape index (κ1) is 13.6. The minimum atomic E-state index is -3.41. The molecule has 6 nitrogen and oxygen atoms in total. The molecular weight excluding hydrogens is 290 g/mol. The number of aromatic nitrogens is 2. The summed E-state index contributed by atoms with van der Waals surface area (Å²) < 4.78 is 29.9. The first-order chi connectivity index (χ1) is 10.0. The molecule has 0 unspecified atom stereocenters. The number of hydrogen-bond donors (Lipinski definition) is 1. The summed E-state index contributed by atoms with van der Waals surface area (Å²) in [6.45, 7) is 1.58. The fourth-order valence-corrected chi connectivity index (χ4v) is 3.03. The molecule has 0 aliphatic carbocycles. The maximum Gasteiger partial charge on any atom is 0.247 e. The second-order valence-electron chi connectivity index (χ2n) is 4.50. The maximum absolute atomic E-state index is 12.1. The lowest BCUT2D eigenvalue weighted by atomic mass is 10.3. The topological polar surface area (TPSA) is 99.1 Å². The number of hydrogen-bond acceptors (Lipinski definition) is 6. The summed E-state index contributed by atoms with van der Waals surface area (Å²) in [4.78, 5) is 8.51. The van der Waals surface area contributed by atoms with E-state index >= 15 is 0 Å². The van der Waals surface area contributed by atoms with E-state index in [0.717, 1.165) is 0 Å². The zero-order chi connectivity index (χ0) is 15.0. The first-order valence-corrected chi connectivity index (χ1v) is 8.00. The highest BCUT2D eigenvalue weighted by Gasteiger charge is 2.22. The third kappa shape index (κ3) is 2.36. The fraction of sp³-hybridized carbons (Fsp3) is 0.143. The van der Waals surface area contributed by atoms with E-state index < -0.39 is 9.84 Å². The van der Waals surface area contributed by atoms with Gasteiger partial charge in [0, 0.05) is 11.9 Å². The van der Waals surface area contributed by atoms with Crippen LogP contribution in [0.4, 0.5) is 5.69 Å². The van der Waals surface area contributed by atoms with Crippen molar-refractivity contribution in [3.63, 3.8) is 0 Å². The Morgan fingerprint density at radius 3 is 2.86 bits per heavy atom. The number of rotatable bonds is 3. The van der Waals surface area contributed by atoms with Gasteiger partial charge < -0.3 is 10.2 Å². The lowest BCUT2D eigenvalue weighted by molar-refractivity contribution is 0.592. The largest absolute Gasteiger partial charge is 0.435 e. The Labute approximate surface area is 121 Å². The molecule has 0 atom stereocenters. The number of sulfone groups is 1. The second-order valence-corrected chi connectivity index (χ2v) is 6.75. The zero-order valence-electron chi connectivity index (χ0n) is 11.3. The highest BCUT2D eigenvalue weighted by Crippen LogP contribution is 2.28. The Morgan fingerprint density at radius 1 is 1.29 bits per heavy atom. The Hall–Kier alpha value is -2.41. The van der Waals surface area contributed by atoms with Gasteiger partial charge in [-0.2, -0.15) is 0 Å². The highest BCUT2D eigenvalue weighted by molar-refractivity contribution is 7.91. The molecule has 1 aromatic carbocycles. The average Bonchev–Trinajstić information content (AvgIpc) is 2.90. The molecule has 0 bridgehead atoms. The molecule has 0 radical (unpaired) electrons. The van der Waals surface area contributed by atoms with Gasteiger partial charge >= 0.3 is 0 Å². The van der Waals surface area contributed by atoms with E-state index in [2.05, 4.69) is 9.97 Å². The minimum Gasteiger partial charge on any atom is -0.435 e. The van der Waals surface area contributed by atoms with Gasteiger partial charge in [0.25, 0.3) is 0 Å². The molecule has 0 saturated heterocycles. The van der Waals surface area contributed by atoms with E-state index in [1.165, 1.54) is 12.3 Å². The SMILES string of the molecule is CCS(=O)(=O)c1cccnc1-c1nc2cc(N)ccc2o1. The third-order valence-electron chi connectivity index (χ3n) is 3.10. The molecule has 2 heterocycles. The van der Waals surface area contributed by atoms with Crippen molar-refractivity contribution >= 4 is 26.6 Å². The predicted octanol–water partition coefficient (Wildman–Crippen LogP) is 2.27. The molecule has 3 rings (SSSR count). The summed E-state index contributed by atoms with van der Waals surface area (Å²) in [5.41, 5.74) is 7.57. The highest BCUT2D eigenvalue weighted by atomic mass is 32.2. The third-order valence-corrected chi connectivity index (χ3v) is 4.86. The molecule has 0 saturated carbocycles. The van der Waals surface area contributed by atoms with E-state index in [9.17, 15) is 8.42 Å². The summed E-state index contributed by atoms with van der Waals surface area (Å²) in [6.07, 6.45) is 1.51. The number of nitrogen functional groups attached to an aromatic ring is 1. The van der Waals surface area contributed by atoms with Gasteiger partial charge in [0.15, 0.2) is 15.4 Å². The van der Waals surface area contributed by atoms with Crippen LogP contribution < -0.4 is 5.73 Å². The molecule has 0 fully saturated rings. The van der Waals surface area contributed by atoms with Crippen LogP contribution >= 0.6 is 0 Å². The van der Waals surface area contributed by atoms with E-state index in [4.69, 9.17) is 10.2 Å². The number of benzene rings is 1. The minimum absolute atomic E-state index is 0.0150. The average molecular weight is 303 g/mol. The van der Waals surface area contributed by atoms with Crippen LogP contribution in [0.1, 0.15) is 6.92 Å². The van der Waals surface area contributed by atoms with Crippen LogP contribution in [-0.2, 0) is 9.84 Å². The molecule has 0 aliphatic rings. The quantitative estimate of drug-likeness (QED) is 0.745. The zero-order valence-corrected chi connectivity index (χ0v) is 12.1. The molecule has 21 heavy (non-hydrogen) atoms. The van der Waals surface area contributed by atoms with Gasteiger partial charge in [0.1, 0.15) is 11.2 Å². The van der Waals surface area contributed by atoms with Gasteiger partial charge in [-0.15, -0.1) is 0 Å². The van der Waals surface area contributed by atoms with Gasteiger partial charge in [0.05, 0.1) is 10.6 Å². The number of nitrogens with two attached hydrogens (primary N) is 1. The molecule has 108 valence electrons. The van der Waals surface area contributed by atoms with Crippen molar-refractivity contribution < 1.29 is 12.8 Å². The van der Waals surface area contributed by atoms with Gasteiger partial charge in [0.2, 0.25) is 5.89 Å².